The van der Waals surface area contributed by atoms with Gasteiger partial charge in [-0.05, 0) is 86.5 Å². The normalized spacial score (nSPS) is 30.7. The minimum absolute atomic E-state index is 0.146. The van der Waals surface area contributed by atoms with Gasteiger partial charge in [-0.15, -0.1) is 11.8 Å². The Morgan fingerprint density at radius 3 is 2.51 bits per heavy atom. The highest BCUT2D eigenvalue weighted by Crippen LogP contribution is 2.89. The Morgan fingerprint density at radius 2 is 1.89 bits per heavy atom. The van der Waals surface area contributed by atoms with Crippen molar-refractivity contribution in [2.24, 2.45) is 23.2 Å². The van der Waals surface area contributed by atoms with Gasteiger partial charge in [0.1, 0.15) is 6.29 Å². The predicted molar refractivity (Wildman–Crippen MR) is 144 cm³/mol. The number of amides is 2. The molecule has 1 spiro atoms. The van der Waals surface area contributed by atoms with Crippen molar-refractivity contribution in [3.05, 3.63) is 29.3 Å². The van der Waals surface area contributed by atoms with Crippen molar-refractivity contribution in [3.8, 4) is 0 Å². The second kappa shape index (κ2) is 10.5. The van der Waals surface area contributed by atoms with E-state index in [4.69, 9.17) is 0 Å². The quantitative estimate of drug-likeness (QED) is 0.206. The largest absolute Gasteiger partial charge is 0.359 e. The Balaban J connectivity index is 1.09. The van der Waals surface area contributed by atoms with E-state index < -0.39 is 6.04 Å². The van der Waals surface area contributed by atoms with Gasteiger partial charge < -0.3 is 20.3 Å². The molecule has 1 aromatic rings. The summed E-state index contributed by atoms with van der Waals surface area (Å²) in [7, 11) is 3.09. The molecule has 8 heteroatoms. The molecule has 4 fully saturated rings. The average Bonchev–Trinajstić information content (AvgIpc) is 2.87. The highest BCUT2D eigenvalue weighted by molar-refractivity contribution is 7.99. The maximum Gasteiger partial charge on any atom is 0.256 e. The summed E-state index contributed by atoms with van der Waals surface area (Å²) in [6.07, 6.45) is 10.9. The minimum Gasteiger partial charge on any atom is -0.359 e. The molecule has 0 aromatic heterocycles. The maximum absolute atomic E-state index is 13.4. The van der Waals surface area contributed by atoms with Crippen molar-refractivity contribution < 1.29 is 19.2 Å². The van der Waals surface area contributed by atoms with Crippen LogP contribution in [0.15, 0.2) is 23.1 Å². The summed E-state index contributed by atoms with van der Waals surface area (Å²) >= 11 is 1.59. The Morgan fingerprint density at radius 1 is 1.14 bits per heavy atom. The van der Waals surface area contributed by atoms with Gasteiger partial charge in [0.25, 0.3) is 5.91 Å². The molecule has 2 amide bonds. The van der Waals surface area contributed by atoms with Crippen LogP contribution in [0.25, 0.3) is 0 Å². The first-order valence-electron chi connectivity index (χ1n) is 13.8. The van der Waals surface area contributed by atoms with Crippen LogP contribution in [0.4, 0.5) is 0 Å². The van der Waals surface area contributed by atoms with Crippen molar-refractivity contribution in [1.29, 1.82) is 0 Å². The van der Waals surface area contributed by atoms with Crippen LogP contribution in [-0.2, 0) is 9.59 Å². The van der Waals surface area contributed by atoms with E-state index in [2.05, 4.69) is 10.6 Å². The van der Waals surface area contributed by atoms with Gasteiger partial charge in [-0.2, -0.15) is 0 Å². The Labute approximate surface area is 223 Å². The van der Waals surface area contributed by atoms with E-state index >= 15 is 0 Å². The number of nitrogens with zero attached hydrogens (tertiary/aromatic N) is 1. The fraction of sp³-hybridized carbons (Fsp3) is 0.655. The van der Waals surface area contributed by atoms with Crippen LogP contribution in [0.3, 0.4) is 0 Å². The molecule has 0 radical (unpaired) electrons. The number of unbranched alkanes of at least 4 members (excludes halogenated alkanes) is 2. The molecule has 37 heavy (non-hydrogen) atoms. The molecule has 0 saturated heterocycles. The number of carbonyl (C=O) groups excluding carboxylic acids is 4. The van der Waals surface area contributed by atoms with Crippen LogP contribution in [0.2, 0.25) is 0 Å². The molecular weight excluding hydrogens is 486 g/mol. The van der Waals surface area contributed by atoms with E-state index in [1.165, 1.54) is 37.6 Å². The number of aldehydes is 2. The monoisotopic (exact) mass is 525 g/mol. The van der Waals surface area contributed by atoms with E-state index in [0.29, 0.717) is 29.2 Å². The van der Waals surface area contributed by atoms with Crippen LogP contribution in [0, 0.1) is 23.2 Å². The van der Waals surface area contributed by atoms with Gasteiger partial charge in [0.05, 0.1) is 11.6 Å². The van der Waals surface area contributed by atoms with Gasteiger partial charge in [0, 0.05) is 36.5 Å². The first-order valence-corrected chi connectivity index (χ1v) is 14.8. The molecule has 0 aliphatic heterocycles. The molecule has 1 aromatic carbocycles. The SMILES string of the molecule is CNC(=O)CCC(C=O)N(C)C(=O)c1c(C=O)cccc1SCCCCCNC12CC3CC4CC(C1)C432. The van der Waals surface area contributed by atoms with Gasteiger partial charge in [-0.25, -0.2) is 0 Å². The molecule has 4 saturated carbocycles. The third-order valence-corrected chi connectivity index (χ3v) is 11.2. The zero-order valence-electron chi connectivity index (χ0n) is 22.0. The smallest absolute Gasteiger partial charge is 0.256 e. The number of nitrogens with one attached hydrogen (secondary N) is 2. The Hall–Kier alpha value is -2.19. The van der Waals surface area contributed by atoms with Crippen molar-refractivity contribution in [1.82, 2.24) is 15.5 Å². The standard InChI is InChI=1S/C29H39N3O4S/c1-30-25(35)10-9-23(18-34)32(2)27(36)26-19(17-33)7-6-8-24(26)37-12-5-3-4-11-31-28-15-21-13-20-14-22(16-28)29(20,21)28/h6-8,17-18,20-23,31H,3-5,9-16H2,1-2H3,(H,30,35). The Kier molecular flexibility index (Phi) is 7.51. The van der Waals surface area contributed by atoms with Gasteiger partial charge in [-0.1, -0.05) is 18.6 Å². The van der Waals surface area contributed by atoms with Gasteiger partial charge in [0.15, 0.2) is 6.29 Å². The molecule has 0 bridgehead atoms. The maximum atomic E-state index is 13.4. The van der Waals surface area contributed by atoms with Crippen molar-refractivity contribution in [2.45, 2.75) is 74.3 Å². The molecule has 3 unspecified atom stereocenters. The van der Waals surface area contributed by atoms with Gasteiger partial charge in [-0.3, -0.25) is 14.4 Å². The highest BCUT2D eigenvalue weighted by atomic mass is 32.2. The van der Waals surface area contributed by atoms with Crippen LogP contribution in [-0.4, -0.2) is 67.3 Å². The molecule has 3 atom stereocenters. The van der Waals surface area contributed by atoms with E-state index in [1.54, 1.807) is 30.9 Å². The molecule has 7 nitrogen and oxygen atoms in total. The van der Waals surface area contributed by atoms with E-state index in [1.807, 2.05) is 6.07 Å². The Bertz CT molecular complexity index is 1050. The molecule has 5 rings (SSSR count). The number of hydrogen-bond acceptors (Lipinski definition) is 6. The highest BCUT2D eigenvalue weighted by Gasteiger charge is 2.87. The third-order valence-electron chi connectivity index (χ3n) is 10.0. The van der Waals surface area contributed by atoms with Crippen LogP contribution in [0.5, 0.6) is 0 Å². The zero-order valence-corrected chi connectivity index (χ0v) is 22.8. The lowest BCUT2D eigenvalue weighted by atomic mass is 9.15. The molecule has 2 N–H and O–H groups in total. The summed E-state index contributed by atoms with van der Waals surface area (Å²) < 4.78 is 0. The number of rotatable bonds is 15. The van der Waals surface area contributed by atoms with Crippen molar-refractivity contribution in [3.63, 3.8) is 0 Å². The second-order valence-electron chi connectivity index (χ2n) is 11.5. The average molecular weight is 526 g/mol. The molecule has 0 heterocycles. The molecule has 200 valence electrons. The lowest BCUT2D eigenvalue weighted by molar-refractivity contribution is -0.397. The number of hydrogen-bond donors (Lipinski definition) is 2. The van der Waals surface area contributed by atoms with Gasteiger partial charge >= 0.3 is 0 Å². The summed E-state index contributed by atoms with van der Waals surface area (Å²) in [5.74, 6) is 3.40. The summed E-state index contributed by atoms with van der Waals surface area (Å²) in [6, 6.07) is 4.56. The number of likely N-dealkylation sites (N-methyl/N-ethyl adjacent to an activating group) is 1. The fourth-order valence-electron chi connectivity index (χ4n) is 8.23. The number of carbonyl (C=O) groups is 4. The van der Waals surface area contributed by atoms with E-state index in [9.17, 15) is 19.2 Å². The minimum atomic E-state index is -0.735. The fourth-order valence-corrected chi connectivity index (χ4v) is 9.32. The van der Waals surface area contributed by atoms with Crippen LogP contribution < -0.4 is 10.6 Å². The molecule has 4 aliphatic carbocycles. The number of thioether (sulfide) groups is 1. The third kappa shape index (κ3) is 4.15. The van der Waals surface area contributed by atoms with Crippen LogP contribution >= 0.6 is 11.8 Å². The summed E-state index contributed by atoms with van der Waals surface area (Å²) in [4.78, 5) is 50.5. The predicted octanol–water partition coefficient (Wildman–Crippen LogP) is 3.71. The first kappa shape index (κ1) is 26.4. The first-order chi connectivity index (χ1) is 17.9. The summed E-state index contributed by atoms with van der Waals surface area (Å²) in [6.45, 7) is 1.09. The zero-order chi connectivity index (χ0) is 26.2. The number of benzene rings is 1. The molecular formula is C29H39N3O4S. The molecule has 4 aliphatic rings. The lowest BCUT2D eigenvalue weighted by Gasteiger charge is -2.91. The summed E-state index contributed by atoms with van der Waals surface area (Å²) in [5, 5.41) is 6.49. The lowest BCUT2D eigenvalue weighted by Crippen LogP contribution is -2.92. The van der Waals surface area contributed by atoms with Crippen molar-refractivity contribution >= 4 is 36.1 Å². The van der Waals surface area contributed by atoms with E-state index in [-0.39, 0.29) is 24.7 Å². The van der Waals surface area contributed by atoms with Crippen molar-refractivity contribution in [2.75, 3.05) is 26.4 Å². The van der Waals surface area contributed by atoms with E-state index in [0.717, 1.165) is 59.6 Å². The summed E-state index contributed by atoms with van der Waals surface area (Å²) in [5.41, 5.74) is 1.89. The second-order valence-corrected chi connectivity index (χ2v) is 12.6. The van der Waals surface area contributed by atoms with Crippen LogP contribution in [0.1, 0.15) is 78.5 Å². The topological polar surface area (TPSA) is 95.6 Å². The van der Waals surface area contributed by atoms with Gasteiger partial charge in [0.2, 0.25) is 5.91 Å².